The van der Waals surface area contributed by atoms with Crippen LogP contribution in [0.4, 0.5) is 0 Å². The number of thiophene rings is 1. The van der Waals surface area contributed by atoms with Gasteiger partial charge in [0.25, 0.3) is 5.91 Å². The zero-order valence-electron chi connectivity index (χ0n) is 14.3. The molecule has 142 valence electrons. The van der Waals surface area contributed by atoms with Crippen molar-refractivity contribution in [2.24, 2.45) is 5.92 Å². The number of ether oxygens (including phenoxy) is 1. The zero-order valence-corrected chi connectivity index (χ0v) is 16.6. The molecule has 1 aliphatic heterocycles. The fourth-order valence-corrected chi connectivity index (χ4v) is 3.66. The molecule has 1 aromatic rings. The summed E-state index contributed by atoms with van der Waals surface area (Å²) in [6.45, 7) is 3.99. The Hall–Kier alpha value is -0.860. The molecule has 0 unspecified atom stereocenters. The molecule has 2 amide bonds. The maximum Gasteiger partial charge on any atom is 0.263 e. The summed E-state index contributed by atoms with van der Waals surface area (Å²) < 4.78 is 5.56. The number of piperidine rings is 1. The third-order valence-corrected chi connectivity index (χ3v) is 5.24. The first kappa shape index (κ1) is 22.2. The molecule has 0 atom stereocenters. The highest BCUT2D eigenvalue weighted by Crippen LogP contribution is 2.25. The van der Waals surface area contributed by atoms with Crippen molar-refractivity contribution in [1.29, 1.82) is 0 Å². The Morgan fingerprint density at radius 2 is 2.00 bits per heavy atom. The first-order chi connectivity index (χ1) is 11.6. The summed E-state index contributed by atoms with van der Waals surface area (Å²) >= 11 is 7.17. The standard InChI is InChI=1S/C16H24ClN3O3S.ClH/c1-23-11-8-18-6-7-19-15(21)12-4-9-20(10-5-12)16(22)13-2-3-14(17)24-13;/h2-3,12,18H,4-11H2,1H3,(H,19,21);1H. The van der Waals surface area contributed by atoms with E-state index in [0.717, 1.165) is 13.1 Å². The first-order valence-electron chi connectivity index (χ1n) is 8.13. The molecule has 1 saturated heterocycles. The molecule has 1 aromatic heterocycles. The lowest BCUT2D eigenvalue weighted by molar-refractivity contribution is -0.126. The molecular formula is C16H25Cl2N3O3S. The molecule has 0 aromatic carbocycles. The van der Waals surface area contributed by atoms with Crippen molar-refractivity contribution >= 4 is 47.2 Å². The Morgan fingerprint density at radius 3 is 2.60 bits per heavy atom. The minimum Gasteiger partial charge on any atom is -0.383 e. The minimum absolute atomic E-state index is 0. The van der Waals surface area contributed by atoms with Crippen molar-refractivity contribution < 1.29 is 14.3 Å². The number of likely N-dealkylation sites (tertiary alicyclic amines) is 1. The summed E-state index contributed by atoms with van der Waals surface area (Å²) in [5.74, 6) is 0.0721. The molecule has 2 heterocycles. The molecule has 1 aliphatic rings. The third kappa shape index (κ3) is 7.11. The van der Waals surface area contributed by atoms with Crippen molar-refractivity contribution in [3.05, 3.63) is 21.3 Å². The number of nitrogens with zero attached hydrogens (tertiary/aromatic N) is 1. The van der Waals surface area contributed by atoms with E-state index < -0.39 is 0 Å². The minimum atomic E-state index is -0.0139. The molecule has 2 rings (SSSR count). The highest BCUT2D eigenvalue weighted by atomic mass is 35.5. The van der Waals surface area contributed by atoms with Gasteiger partial charge in [-0.05, 0) is 25.0 Å². The van der Waals surface area contributed by atoms with Crippen LogP contribution in [0, 0.1) is 5.92 Å². The predicted octanol–water partition coefficient (Wildman–Crippen LogP) is 2.03. The lowest BCUT2D eigenvalue weighted by Crippen LogP contribution is -2.44. The van der Waals surface area contributed by atoms with Crippen LogP contribution in [0.15, 0.2) is 12.1 Å². The van der Waals surface area contributed by atoms with Crippen molar-refractivity contribution in [3.8, 4) is 0 Å². The summed E-state index contributed by atoms with van der Waals surface area (Å²) in [7, 11) is 1.66. The Bertz CT molecular complexity index is 548. The van der Waals surface area contributed by atoms with Gasteiger partial charge < -0.3 is 20.3 Å². The van der Waals surface area contributed by atoms with Gasteiger partial charge in [0, 0.05) is 45.8 Å². The monoisotopic (exact) mass is 409 g/mol. The topological polar surface area (TPSA) is 70.7 Å². The fraction of sp³-hybridized carbons (Fsp3) is 0.625. The van der Waals surface area contributed by atoms with E-state index in [1.165, 1.54) is 11.3 Å². The molecule has 25 heavy (non-hydrogen) atoms. The van der Waals surface area contributed by atoms with Gasteiger partial charge in [-0.15, -0.1) is 23.7 Å². The molecule has 0 radical (unpaired) electrons. The van der Waals surface area contributed by atoms with Crippen LogP contribution in [0.1, 0.15) is 22.5 Å². The first-order valence-corrected chi connectivity index (χ1v) is 9.33. The summed E-state index contributed by atoms with van der Waals surface area (Å²) in [6, 6.07) is 3.49. The van der Waals surface area contributed by atoms with Crippen LogP contribution in [-0.2, 0) is 9.53 Å². The fourth-order valence-electron chi connectivity index (χ4n) is 2.65. The second-order valence-corrected chi connectivity index (χ2v) is 7.42. The van der Waals surface area contributed by atoms with Crippen molar-refractivity contribution in [1.82, 2.24) is 15.5 Å². The van der Waals surface area contributed by atoms with Gasteiger partial charge in [-0.25, -0.2) is 0 Å². The quantitative estimate of drug-likeness (QED) is 0.644. The summed E-state index contributed by atoms with van der Waals surface area (Å²) in [5.41, 5.74) is 0. The molecule has 2 N–H and O–H groups in total. The van der Waals surface area contributed by atoms with Crippen LogP contribution >= 0.6 is 35.3 Å². The van der Waals surface area contributed by atoms with Gasteiger partial charge in [0.15, 0.2) is 0 Å². The van der Waals surface area contributed by atoms with Gasteiger partial charge in [-0.3, -0.25) is 9.59 Å². The van der Waals surface area contributed by atoms with E-state index in [2.05, 4.69) is 10.6 Å². The Labute approximate surface area is 163 Å². The molecule has 0 saturated carbocycles. The highest BCUT2D eigenvalue weighted by molar-refractivity contribution is 7.17. The largest absolute Gasteiger partial charge is 0.383 e. The van der Waals surface area contributed by atoms with Crippen LogP contribution in [0.2, 0.25) is 4.34 Å². The van der Waals surface area contributed by atoms with E-state index in [0.29, 0.717) is 48.3 Å². The van der Waals surface area contributed by atoms with Gasteiger partial charge in [-0.1, -0.05) is 11.6 Å². The van der Waals surface area contributed by atoms with Crippen molar-refractivity contribution in [3.63, 3.8) is 0 Å². The molecule has 1 fully saturated rings. The summed E-state index contributed by atoms with van der Waals surface area (Å²) in [4.78, 5) is 27.0. The molecule has 0 bridgehead atoms. The van der Waals surface area contributed by atoms with Gasteiger partial charge >= 0.3 is 0 Å². The maximum absolute atomic E-state index is 12.3. The number of rotatable bonds is 8. The van der Waals surface area contributed by atoms with Crippen LogP contribution < -0.4 is 10.6 Å². The van der Waals surface area contributed by atoms with Crippen LogP contribution in [0.5, 0.6) is 0 Å². The van der Waals surface area contributed by atoms with Crippen molar-refractivity contribution in [2.75, 3.05) is 46.4 Å². The number of hydrogen-bond acceptors (Lipinski definition) is 5. The molecule has 9 heteroatoms. The van der Waals surface area contributed by atoms with E-state index in [1.54, 1.807) is 24.1 Å². The Kier molecular flexibility index (Phi) is 10.4. The summed E-state index contributed by atoms with van der Waals surface area (Å²) in [6.07, 6.45) is 1.40. The number of carbonyl (C=O) groups is 2. The number of nitrogens with one attached hydrogen (secondary N) is 2. The van der Waals surface area contributed by atoms with Crippen LogP contribution in [-0.4, -0.2) is 63.2 Å². The van der Waals surface area contributed by atoms with E-state index in [1.807, 2.05) is 0 Å². The lowest BCUT2D eigenvalue weighted by atomic mass is 9.96. The SMILES string of the molecule is COCCNCCNC(=O)C1CCN(C(=O)c2ccc(Cl)s2)CC1.Cl. The molecule has 0 spiro atoms. The van der Waals surface area contributed by atoms with Crippen molar-refractivity contribution in [2.45, 2.75) is 12.8 Å². The third-order valence-electron chi connectivity index (χ3n) is 4.02. The Balaban J connectivity index is 0.00000312. The van der Waals surface area contributed by atoms with Gasteiger partial charge in [0.05, 0.1) is 15.8 Å². The number of carbonyl (C=O) groups excluding carboxylic acids is 2. The second-order valence-electron chi connectivity index (χ2n) is 5.70. The maximum atomic E-state index is 12.3. The number of amides is 2. The lowest BCUT2D eigenvalue weighted by Gasteiger charge is -2.31. The van der Waals surface area contributed by atoms with Gasteiger partial charge in [-0.2, -0.15) is 0 Å². The van der Waals surface area contributed by atoms with Crippen LogP contribution in [0.25, 0.3) is 0 Å². The average molecular weight is 410 g/mol. The smallest absolute Gasteiger partial charge is 0.263 e. The van der Waals surface area contributed by atoms with E-state index in [-0.39, 0.29) is 30.1 Å². The highest BCUT2D eigenvalue weighted by Gasteiger charge is 2.28. The zero-order chi connectivity index (χ0) is 17.4. The van der Waals surface area contributed by atoms with Crippen LogP contribution in [0.3, 0.4) is 0 Å². The average Bonchev–Trinajstić information content (AvgIpc) is 3.03. The van der Waals surface area contributed by atoms with Gasteiger partial charge in [0.1, 0.15) is 0 Å². The Morgan fingerprint density at radius 1 is 1.28 bits per heavy atom. The summed E-state index contributed by atoms with van der Waals surface area (Å²) in [5, 5.41) is 6.13. The predicted molar refractivity (Wildman–Crippen MR) is 103 cm³/mol. The molecule has 6 nitrogen and oxygen atoms in total. The van der Waals surface area contributed by atoms with E-state index >= 15 is 0 Å². The number of methoxy groups -OCH3 is 1. The number of halogens is 2. The molecular weight excluding hydrogens is 385 g/mol. The van der Waals surface area contributed by atoms with E-state index in [4.69, 9.17) is 16.3 Å². The normalized spacial score (nSPS) is 14.9. The second kappa shape index (κ2) is 11.7. The van der Waals surface area contributed by atoms with E-state index in [9.17, 15) is 9.59 Å². The van der Waals surface area contributed by atoms with Gasteiger partial charge in [0.2, 0.25) is 5.91 Å². The number of hydrogen-bond donors (Lipinski definition) is 2. The molecule has 0 aliphatic carbocycles.